The second kappa shape index (κ2) is 4.34. The summed E-state index contributed by atoms with van der Waals surface area (Å²) in [7, 11) is -2.26. The Labute approximate surface area is 106 Å². The fourth-order valence-corrected chi connectivity index (χ4v) is 2.91. The van der Waals surface area contributed by atoms with Gasteiger partial charge < -0.3 is 10.5 Å². The summed E-state index contributed by atoms with van der Waals surface area (Å²) in [6.45, 7) is 1.66. The molecule has 0 bridgehead atoms. The lowest BCUT2D eigenvalue weighted by Crippen LogP contribution is -2.33. The molecule has 6 nitrogen and oxygen atoms in total. The van der Waals surface area contributed by atoms with E-state index in [1.54, 1.807) is 38.3 Å². The first-order valence-corrected chi connectivity index (χ1v) is 6.57. The third kappa shape index (κ3) is 2.17. The van der Waals surface area contributed by atoms with Crippen molar-refractivity contribution in [2.75, 3.05) is 11.4 Å². The van der Waals surface area contributed by atoms with Crippen molar-refractivity contribution < 1.29 is 13.2 Å². The third-order valence-corrected chi connectivity index (χ3v) is 3.84. The van der Waals surface area contributed by atoms with Gasteiger partial charge in [0.05, 0.1) is 12.8 Å². The molecule has 18 heavy (non-hydrogen) atoms. The highest BCUT2D eigenvalue weighted by molar-refractivity contribution is 7.92. The Morgan fingerprint density at radius 3 is 2.39 bits per heavy atom. The first kappa shape index (κ1) is 12.4. The van der Waals surface area contributed by atoms with Crippen molar-refractivity contribution in [2.24, 2.45) is 10.1 Å². The van der Waals surface area contributed by atoms with Crippen LogP contribution in [0.2, 0.25) is 0 Å². The zero-order valence-electron chi connectivity index (χ0n) is 9.99. The van der Waals surface area contributed by atoms with Crippen LogP contribution in [-0.4, -0.2) is 21.4 Å². The van der Waals surface area contributed by atoms with Gasteiger partial charge in [-0.15, -0.1) is 4.40 Å². The molecule has 0 radical (unpaired) electrons. The quantitative estimate of drug-likeness (QED) is 0.867. The molecule has 0 fully saturated rings. The number of hydrogen-bond acceptors (Lipinski definition) is 4. The second-order valence-corrected chi connectivity index (χ2v) is 5.19. The van der Waals surface area contributed by atoms with E-state index in [2.05, 4.69) is 4.40 Å². The standard InChI is InChI=1S/C11H13N3O3S/c1-8-7-11(12)13-18(15,16)14(8)9-3-5-10(17-2)6-4-9/h3-7H,1-2H3,(H2,12,13). The van der Waals surface area contributed by atoms with E-state index in [9.17, 15) is 8.42 Å². The molecule has 2 N–H and O–H groups in total. The summed E-state index contributed by atoms with van der Waals surface area (Å²) < 4.78 is 33.5. The van der Waals surface area contributed by atoms with E-state index >= 15 is 0 Å². The third-order valence-electron chi connectivity index (χ3n) is 2.44. The first-order valence-electron chi connectivity index (χ1n) is 5.17. The minimum atomic E-state index is -3.81. The van der Waals surface area contributed by atoms with Crippen LogP contribution in [0.4, 0.5) is 5.69 Å². The predicted molar refractivity (Wildman–Crippen MR) is 69.8 cm³/mol. The smallest absolute Gasteiger partial charge is 0.350 e. The van der Waals surface area contributed by atoms with Gasteiger partial charge >= 0.3 is 10.2 Å². The summed E-state index contributed by atoms with van der Waals surface area (Å²) in [5.74, 6) is 0.634. The number of allylic oxidation sites excluding steroid dienone is 1. The summed E-state index contributed by atoms with van der Waals surface area (Å²) in [5, 5.41) is 0. The van der Waals surface area contributed by atoms with E-state index in [0.29, 0.717) is 17.1 Å². The maximum atomic E-state index is 11.9. The summed E-state index contributed by atoms with van der Waals surface area (Å²) in [4.78, 5) is 0. The van der Waals surface area contributed by atoms with E-state index in [1.807, 2.05) is 0 Å². The van der Waals surface area contributed by atoms with Crippen LogP contribution in [0.3, 0.4) is 0 Å². The van der Waals surface area contributed by atoms with Gasteiger partial charge in [-0.1, -0.05) is 0 Å². The minimum absolute atomic E-state index is 0.0164. The van der Waals surface area contributed by atoms with Crippen LogP contribution >= 0.6 is 0 Å². The van der Waals surface area contributed by atoms with Gasteiger partial charge in [0, 0.05) is 11.8 Å². The number of methoxy groups -OCH3 is 1. The van der Waals surface area contributed by atoms with Crippen LogP contribution in [0.15, 0.2) is 40.4 Å². The zero-order valence-corrected chi connectivity index (χ0v) is 10.8. The molecule has 1 aliphatic rings. The van der Waals surface area contributed by atoms with Gasteiger partial charge in [0.2, 0.25) is 0 Å². The van der Waals surface area contributed by atoms with Crippen LogP contribution in [0, 0.1) is 0 Å². The van der Waals surface area contributed by atoms with Crippen LogP contribution in [0.1, 0.15) is 6.92 Å². The lowest BCUT2D eigenvalue weighted by atomic mass is 10.3. The summed E-state index contributed by atoms with van der Waals surface area (Å²) >= 11 is 0. The number of anilines is 1. The number of nitrogens with zero attached hydrogens (tertiary/aromatic N) is 2. The number of rotatable bonds is 2. The lowest BCUT2D eigenvalue weighted by molar-refractivity contribution is 0.415. The molecule has 0 saturated heterocycles. The van der Waals surface area contributed by atoms with Gasteiger partial charge in [0.1, 0.15) is 11.6 Å². The van der Waals surface area contributed by atoms with Gasteiger partial charge in [-0.25, -0.2) is 4.31 Å². The van der Waals surface area contributed by atoms with Crippen molar-refractivity contribution in [1.29, 1.82) is 0 Å². The molecule has 1 aliphatic heterocycles. The Hall–Kier alpha value is -2.02. The molecule has 0 aliphatic carbocycles. The maximum absolute atomic E-state index is 11.9. The molecule has 0 saturated carbocycles. The molecule has 1 aromatic rings. The number of nitrogens with two attached hydrogens (primary N) is 1. The average molecular weight is 267 g/mol. The minimum Gasteiger partial charge on any atom is -0.497 e. The number of hydrogen-bond donors (Lipinski definition) is 1. The topological polar surface area (TPSA) is 85.0 Å². The highest BCUT2D eigenvalue weighted by atomic mass is 32.2. The Morgan fingerprint density at radius 1 is 1.28 bits per heavy atom. The normalized spacial score (nSPS) is 18.0. The Kier molecular flexibility index (Phi) is 3.00. The van der Waals surface area contributed by atoms with Gasteiger partial charge in [0.25, 0.3) is 0 Å². The Bertz CT molecular complexity index is 617. The van der Waals surface area contributed by atoms with E-state index in [-0.39, 0.29) is 5.84 Å². The molecule has 0 atom stereocenters. The average Bonchev–Trinajstić information content (AvgIpc) is 2.27. The molecular formula is C11H13N3O3S. The van der Waals surface area contributed by atoms with E-state index in [4.69, 9.17) is 10.5 Å². The molecule has 1 heterocycles. The summed E-state index contributed by atoms with van der Waals surface area (Å²) in [6, 6.07) is 6.65. The Morgan fingerprint density at radius 2 is 1.89 bits per heavy atom. The van der Waals surface area contributed by atoms with Crippen molar-refractivity contribution in [3.63, 3.8) is 0 Å². The second-order valence-electron chi connectivity index (χ2n) is 3.74. The van der Waals surface area contributed by atoms with Gasteiger partial charge in [-0.05, 0) is 31.2 Å². The lowest BCUT2D eigenvalue weighted by Gasteiger charge is -2.25. The monoisotopic (exact) mass is 267 g/mol. The van der Waals surface area contributed by atoms with Crippen molar-refractivity contribution in [3.05, 3.63) is 36.0 Å². The van der Waals surface area contributed by atoms with Crippen molar-refractivity contribution in [3.8, 4) is 5.75 Å². The number of amidine groups is 1. The van der Waals surface area contributed by atoms with Gasteiger partial charge in [-0.3, -0.25) is 0 Å². The number of ether oxygens (including phenoxy) is 1. The SMILES string of the molecule is COc1ccc(N2C(C)=CC(N)=NS2(=O)=O)cc1. The largest absolute Gasteiger partial charge is 0.497 e. The first-order chi connectivity index (χ1) is 8.44. The van der Waals surface area contributed by atoms with Crippen LogP contribution in [0.25, 0.3) is 0 Å². The van der Waals surface area contributed by atoms with Crippen LogP contribution in [0.5, 0.6) is 5.75 Å². The van der Waals surface area contributed by atoms with E-state index in [1.165, 1.54) is 6.08 Å². The fraction of sp³-hybridized carbons (Fsp3) is 0.182. The Balaban J connectivity index is 2.47. The van der Waals surface area contributed by atoms with Crippen molar-refractivity contribution in [2.45, 2.75) is 6.92 Å². The highest BCUT2D eigenvalue weighted by Crippen LogP contribution is 2.27. The van der Waals surface area contributed by atoms with Crippen LogP contribution < -0.4 is 14.8 Å². The molecule has 0 aromatic heterocycles. The molecule has 1 aromatic carbocycles. The summed E-state index contributed by atoms with van der Waals surface area (Å²) in [6.07, 6.45) is 1.51. The van der Waals surface area contributed by atoms with E-state index < -0.39 is 10.2 Å². The summed E-state index contributed by atoms with van der Waals surface area (Å²) in [5.41, 5.74) is 6.41. The highest BCUT2D eigenvalue weighted by Gasteiger charge is 2.27. The predicted octanol–water partition coefficient (Wildman–Crippen LogP) is 1.02. The zero-order chi connectivity index (χ0) is 13.3. The molecule has 0 unspecified atom stereocenters. The van der Waals surface area contributed by atoms with Gasteiger partial charge in [-0.2, -0.15) is 8.42 Å². The van der Waals surface area contributed by atoms with Crippen LogP contribution in [-0.2, 0) is 10.2 Å². The van der Waals surface area contributed by atoms with Crippen molar-refractivity contribution >= 4 is 21.7 Å². The number of benzene rings is 1. The molecule has 96 valence electrons. The molecule has 2 rings (SSSR count). The van der Waals surface area contributed by atoms with Crippen molar-refractivity contribution in [1.82, 2.24) is 0 Å². The van der Waals surface area contributed by atoms with E-state index in [0.717, 1.165) is 4.31 Å². The maximum Gasteiger partial charge on any atom is 0.350 e. The van der Waals surface area contributed by atoms with Gasteiger partial charge in [0.15, 0.2) is 0 Å². The molecule has 0 amide bonds. The molecule has 0 spiro atoms. The fourth-order valence-electron chi connectivity index (χ4n) is 1.71. The molecular weight excluding hydrogens is 254 g/mol. The molecule has 7 heteroatoms.